The summed E-state index contributed by atoms with van der Waals surface area (Å²) in [4.78, 5) is 27.4. The van der Waals surface area contributed by atoms with E-state index in [1.165, 1.54) is 14.2 Å². The van der Waals surface area contributed by atoms with Crippen molar-refractivity contribution in [1.82, 2.24) is 4.98 Å². The van der Waals surface area contributed by atoms with Crippen LogP contribution in [-0.2, 0) is 19.1 Å². The maximum absolute atomic E-state index is 11.7. The molecule has 0 radical (unpaired) electrons. The lowest BCUT2D eigenvalue weighted by Gasteiger charge is -2.09. The highest BCUT2D eigenvalue weighted by atomic mass is 16.5. The van der Waals surface area contributed by atoms with Crippen LogP contribution in [0.4, 0.5) is 5.69 Å². The number of nitrogens with one attached hydrogen (secondary N) is 1. The van der Waals surface area contributed by atoms with Gasteiger partial charge in [-0.05, 0) is 38.1 Å². The minimum Gasteiger partial charge on any atom is -0.466 e. The SMILES string of the molecule is COC(=O)/C=C(/Nc1ccc(-c2nc(C)c(C)o2)cc1)C(=O)OC. The highest BCUT2D eigenvalue weighted by Gasteiger charge is 2.13. The zero-order valence-electron chi connectivity index (χ0n) is 13.9. The van der Waals surface area contributed by atoms with Crippen LogP contribution in [0.15, 0.2) is 40.5 Å². The predicted octanol–water partition coefficient (Wildman–Crippen LogP) is 2.60. The van der Waals surface area contributed by atoms with Gasteiger partial charge in [0.05, 0.1) is 26.0 Å². The zero-order chi connectivity index (χ0) is 17.7. The molecular formula is C17H18N2O5. The first-order valence-corrected chi connectivity index (χ1v) is 7.14. The van der Waals surface area contributed by atoms with Crippen LogP contribution in [0.5, 0.6) is 0 Å². The highest BCUT2D eigenvalue weighted by Crippen LogP contribution is 2.23. The molecule has 1 heterocycles. The number of carbonyl (C=O) groups excluding carboxylic acids is 2. The Morgan fingerprint density at radius 1 is 1.12 bits per heavy atom. The summed E-state index contributed by atoms with van der Waals surface area (Å²) < 4.78 is 14.7. The summed E-state index contributed by atoms with van der Waals surface area (Å²) in [5, 5.41) is 2.82. The fourth-order valence-electron chi connectivity index (χ4n) is 1.88. The summed E-state index contributed by atoms with van der Waals surface area (Å²) >= 11 is 0. The van der Waals surface area contributed by atoms with Gasteiger partial charge in [-0.3, -0.25) is 0 Å². The molecule has 7 heteroatoms. The van der Waals surface area contributed by atoms with Gasteiger partial charge in [0.1, 0.15) is 11.5 Å². The van der Waals surface area contributed by atoms with Crippen molar-refractivity contribution in [2.24, 2.45) is 0 Å². The number of benzene rings is 1. The monoisotopic (exact) mass is 330 g/mol. The molecule has 0 fully saturated rings. The summed E-state index contributed by atoms with van der Waals surface area (Å²) in [6, 6.07) is 7.05. The molecule has 0 saturated carbocycles. The van der Waals surface area contributed by atoms with Crippen LogP contribution in [-0.4, -0.2) is 31.1 Å². The molecular weight excluding hydrogens is 312 g/mol. The van der Waals surface area contributed by atoms with E-state index in [1.54, 1.807) is 24.3 Å². The van der Waals surface area contributed by atoms with Crippen LogP contribution >= 0.6 is 0 Å². The highest BCUT2D eigenvalue weighted by molar-refractivity contribution is 5.98. The van der Waals surface area contributed by atoms with Crippen LogP contribution in [0.3, 0.4) is 0 Å². The van der Waals surface area contributed by atoms with Gasteiger partial charge in [-0.2, -0.15) is 0 Å². The fourth-order valence-corrected chi connectivity index (χ4v) is 1.88. The molecule has 0 aliphatic carbocycles. The summed E-state index contributed by atoms with van der Waals surface area (Å²) in [5.41, 5.74) is 2.20. The number of ether oxygens (including phenoxy) is 2. The van der Waals surface area contributed by atoms with Crippen molar-refractivity contribution in [3.05, 3.63) is 47.5 Å². The number of aryl methyl sites for hydroxylation is 2. The van der Waals surface area contributed by atoms with Crippen molar-refractivity contribution in [2.75, 3.05) is 19.5 Å². The van der Waals surface area contributed by atoms with E-state index in [9.17, 15) is 9.59 Å². The predicted molar refractivity (Wildman–Crippen MR) is 87.2 cm³/mol. The molecule has 2 rings (SSSR count). The second-order valence-corrected chi connectivity index (χ2v) is 4.94. The number of esters is 2. The van der Waals surface area contributed by atoms with Crippen molar-refractivity contribution in [1.29, 1.82) is 0 Å². The third-order valence-electron chi connectivity index (χ3n) is 3.31. The third-order valence-corrected chi connectivity index (χ3v) is 3.31. The zero-order valence-corrected chi connectivity index (χ0v) is 13.9. The Hall–Kier alpha value is -3.09. The molecule has 0 saturated heterocycles. The number of hydrogen-bond acceptors (Lipinski definition) is 7. The van der Waals surface area contributed by atoms with Gasteiger partial charge in [-0.15, -0.1) is 0 Å². The standard InChI is InChI=1S/C17H18N2O5/c1-10-11(2)24-16(18-10)12-5-7-13(8-6-12)19-14(17(21)23-4)9-15(20)22-3/h5-9,19H,1-4H3/b14-9+. The average Bonchev–Trinajstić information content (AvgIpc) is 2.93. The molecule has 0 spiro atoms. The number of anilines is 1. The molecule has 0 aliphatic heterocycles. The molecule has 0 bridgehead atoms. The molecule has 126 valence electrons. The molecule has 1 aromatic heterocycles. The van der Waals surface area contributed by atoms with Gasteiger partial charge in [0, 0.05) is 11.3 Å². The van der Waals surface area contributed by atoms with Crippen LogP contribution < -0.4 is 5.32 Å². The maximum atomic E-state index is 11.7. The van der Waals surface area contributed by atoms with Gasteiger partial charge < -0.3 is 19.2 Å². The van der Waals surface area contributed by atoms with Crippen molar-refractivity contribution in [3.8, 4) is 11.5 Å². The third kappa shape index (κ3) is 4.01. The van der Waals surface area contributed by atoms with Gasteiger partial charge in [0.25, 0.3) is 0 Å². The smallest absolute Gasteiger partial charge is 0.354 e. The first kappa shape index (κ1) is 17.3. The number of aromatic nitrogens is 1. The number of oxazole rings is 1. The number of nitrogens with zero attached hydrogens (tertiary/aromatic N) is 1. The van der Waals surface area contributed by atoms with Gasteiger partial charge in [0.15, 0.2) is 0 Å². The van der Waals surface area contributed by atoms with E-state index >= 15 is 0 Å². The lowest BCUT2D eigenvalue weighted by molar-refractivity contribution is -0.138. The Balaban J connectivity index is 2.21. The summed E-state index contributed by atoms with van der Waals surface area (Å²) in [6.45, 7) is 3.72. The van der Waals surface area contributed by atoms with Crippen LogP contribution in [0.2, 0.25) is 0 Å². The minimum absolute atomic E-state index is 0.0279. The minimum atomic E-state index is -0.677. The Morgan fingerprint density at radius 2 is 1.79 bits per heavy atom. The number of rotatable bonds is 5. The first-order chi connectivity index (χ1) is 11.4. The Morgan fingerprint density at radius 3 is 2.29 bits per heavy atom. The molecule has 0 unspecified atom stereocenters. The summed E-state index contributed by atoms with van der Waals surface area (Å²) in [7, 11) is 2.45. The van der Waals surface area contributed by atoms with E-state index in [-0.39, 0.29) is 5.70 Å². The van der Waals surface area contributed by atoms with Crippen molar-refractivity contribution < 1.29 is 23.5 Å². The van der Waals surface area contributed by atoms with E-state index in [0.717, 1.165) is 23.1 Å². The Kier molecular flexibility index (Phi) is 5.36. The Labute approximate surface area is 139 Å². The second kappa shape index (κ2) is 7.45. The number of methoxy groups -OCH3 is 2. The maximum Gasteiger partial charge on any atom is 0.354 e. The molecule has 1 aromatic carbocycles. The van der Waals surface area contributed by atoms with Gasteiger partial charge in [0.2, 0.25) is 5.89 Å². The second-order valence-electron chi connectivity index (χ2n) is 4.94. The summed E-state index contributed by atoms with van der Waals surface area (Å²) in [5.74, 6) is -0.0512. The van der Waals surface area contributed by atoms with E-state index in [0.29, 0.717) is 11.6 Å². The largest absolute Gasteiger partial charge is 0.466 e. The number of hydrogen-bond donors (Lipinski definition) is 1. The topological polar surface area (TPSA) is 90.7 Å². The lowest BCUT2D eigenvalue weighted by atomic mass is 10.2. The lowest BCUT2D eigenvalue weighted by Crippen LogP contribution is -2.15. The van der Waals surface area contributed by atoms with Crippen LogP contribution in [0.25, 0.3) is 11.5 Å². The van der Waals surface area contributed by atoms with Crippen LogP contribution in [0, 0.1) is 13.8 Å². The molecule has 1 N–H and O–H groups in total. The van der Waals surface area contributed by atoms with Crippen molar-refractivity contribution >= 4 is 17.6 Å². The molecule has 2 aromatic rings. The van der Waals surface area contributed by atoms with Crippen molar-refractivity contribution in [2.45, 2.75) is 13.8 Å². The van der Waals surface area contributed by atoms with E-state index < -0.39 is 11.9 Å². The van der Waals surface area contributed by atoms with Gasteiger partial charge in [-0.25, -0.2) is 14.6 Å². The van der Waals surface area contributed by atoms with Gasteiger partial charge in [-0.1, -0.05) is 0 Å². The molecule has 0 amide bonds. The first-order valence-electron chi connectivity index (χ1n) is 7.14. The average molecular weight is 330 g/mol. The van der Waals surface area contributed by atoms with Crippen molar-refractivity contribution in [3.63, 3.8) is 0 Å². The fraction of sp³-hybridized carbons (Fsp3) is 0.235. The van der Waals surface area contributed by atoms with Gasteiger partial charge >= 0.3 is 11.9 Å². The quantitative estimate of drug-likeness (QED) is 0.665. The molecule has 7 nitrogen and oxygen atoms in total. The molecule has 24 heavy (non-hydrogen) atoms. The molecule has 0 aliphatic rings. The number of carbonyl (C=O) groups is 2. The summed E-state index contributed by atoms with van der Waals surface area (Å²) in [6.07, 6.45) is 1.03. The van der Waals surface area contributed by atoms with E-state index in [1.807, 2.05) is 13.8 Å². The van der Waals surface area contributed by atoms with E-state index in [4.69, 9.17) is 4.42 Å². The molecule has 0 atom stereocenters. The van der Waals surface area contributed by atoms with Crippen LogP contribution in [0.1, 0.15) is 11.5 Å². The Bertz CT molecular complexity index is 755. The van der Waals surface area contributed by atoms with E-state index in [2.05, 4.69) is 19.8 Å². The normalized spacial score (nSPS) is 11.1.